The number of nitrogen functional groups attached to an aromatic ring is 8. The van der Waals surface area contributed by atoms with E-state index < -0.39 is 235 Å². The summed E-state index contributed by atoms with van der Waals surface area (Å²) in [4.78, 5) is 202. The number of nitrogens with zero attached hydrogens (tertiary/aromatic N) is 18. The molecular formula is C55H82F5N28O44P9. The third kappa shape index (κ3) is 26.0. The molecular weight excluding hydrogens is 2130 g/mol. The van der Waals surface area contributed by atoms with Gasteiger partial charge in [0.2, 0.25) is 29.7 Å². The second-order valence-corrected chi connectivity index (χ2v) is 43.2. The molecule has 72 nitrogen and oxygen atoms in total. The molecule has 5 aliphatic rings. The molecule has 0 aromatic carbocycles. The van der Waals surface area contributed by atoms with Gasteiger partial charge in [-0.3, -0.25) is 65.0 Å². The molecule has 5 saturated heterocycles. The van der Waals surface area contributed by atoms with Crippen molar-refractivity contribution in [3.05, 3.63) is 52.3 Å². The first-order chi connectivity index (χ1) is 64.3. The number of H-pyrrole nitrogens is 2. The molecule has 0 aliphatic carbocycles. The van der Waals surface area contributed by atoms with Crippen molar-refractivity contribution in [3.63, 3.8) is 0 Å². The lowest BCUT2D eigenvalue weighted by molar-refractivity contribution is -0.0560. The predicted octanol–water partition coefficient (Wildman–Crippen LogP) is -4.68. The van der Waals surface area contributed by atoms with Crippen molar-refractivity contribution < 1.29 is 221 Å². The molecule has 37 N–H and O–H groups in total. The second kappa shape index (κ2) is 40.5. The number of ether oxygens (including phenoxy) is 5. The number of alkyl halides is 5. The Balaban J connectivity index is 0.000000169. The average Bonchev–Trinajstić information content (AvgIpc) is 1.60. The van der Waals surface area contributed by atoms with Crippen LogP contribution >= 0.6 is 70.4 Å². The number of rotatable bonds is 28. The number of nitrogens with two attached hydrogens (primary N) is 8. The van der Waals surface area contributed by atoms with Crippen LogP contribution in [0.4, 0.5) is 69.1 Å². The zero-order valence-corrected chi connectivity index (χ0v) is 78.9. The molecule has 141 heavy (non-hydrogen) atoms. The third-order valence-electron chi connectivity index (χ3n) is 20.0. The minimum atomic E-state index is -5.76. The van der Waals surface area contributed by atoms with E-state index in [0.29, 0.717) is 0 Å². The van der Waals surface area contributed by atoms with Crippen LogP contribution in [0.15, 0.2) is 41.2 Å². The molecule has 5 fully saturated rings. The van der Waals surface area contributed by atoms with Gasteiger partial charge in [0, 0.05) is 0 Å². The van der Waals surface area contributed by atoms with E-state index in [1.165, 1.54) is 10.9 Å². The van der Waals surface area contributed by atoms with E-state index in [2.05, 4.69) is 115 Å². The number of imidazole rings is 5. The van der Waals surface area contributed by atoms with Gasteiger partial charge in [-0.15, -0.1) is 0 Å². The summed E-state index contributed by atoms with van der Waals surface area (Å²) in [5, 5.41) is 50.9. The number of fused-ring (bicyclic) bond motifs is 5. The van der Waals surface area contributed by atoms with Crippen LogP contribution in [-0.2, 0) is 105 Å². The lowest BCUT2D eigenvalue weighted by atomic mass is 9.98. The Labute approximate surface area is 775 Å². The summed E-state index contributed by atoms with van der Waals surface area (Å²) in [6, 6.07) is 0. The van der Waals surface area contributed by atoms with E-state index >= 15 is 22.0 Å². The zero-order chi connectivity index (χ0) is 106. The van der Waals surface area contributed by atoms with Crippen molar-refractivity contribution in [3.8, 4) is 0 Å². The molecule has 5 aliphatic heterocycles. The number of hydrogen-bond acceptors (Lipinski definition) is 51. The Kier molecular flexibility index (Phi) is 32.3. The van der Waals surface area contributed by atoms with Gasteiger partial charge in [-0.1, -0.05) is 0 Å². The number of nitrogens with one attached hydrogen (secondary N) is 2. The molecule has 15 rings (SSSR count). The first kappa shape index (κ1) is 112. The number of aliphatic hydroxyl groups excluding tert-OH is 5. The van der Waals surface area contributed by atoms with Crippen LogP contribution < -0.4 is 57.0 Å². The number of phosphoric acid groups is 9. The van der Waals surface area contributed by atoms with E-state index in [1.807, 2.05) is 0 Å². The van der Waals surface area contributed by atoms with Crippen LogP contribution in [0.2, 0.25) is 0 Å². The van der Waals surface area contributed by atoms with Crippen molar-refractivity contribution in [2.75, 3.05) is 78.9 Å². The highest BCUT2D eigenvalue weighted by molar-refractivity contribution is 7.66. The zero-order valence-electron chi connectivity index (χ0n) is 70.9. The van der Waals surface area contributed by atoms with Gasteiger partial charge >= 0.3 is 70.4 Å². The first-order valence-corrected chi connectivity index (χ1v) is 51.5. The van der Waals surface area contributed by atoms with Crippen LogP contribution in [0.3, 0.4) is 0 Å². The molecule has 24 atom stereocenters. The van der Waals surface area contributed by atoms with Crippen LogP contribution in [-0.4, -0.2) is 314 Å². The largest absolute Gasteiger partial charge is 0.490 e. The number of aromatic amines is 2. The topological polar surface area (TPSA) is 1130 Å². The molecule has 0 bridgehead atoms. The molecule has 0 radical (unpaired) electrons. The van der Waals surface area contributed by atoms with Crippen LogP contribution in [0, 0.1) is 0 Å². The van der Waals surface area contributed by atoms with Gasteiger partial charge in [0.15, 0.2) is 116 Å². The van der Waals surface area contributed by atoms with Gasteiger partial charge in [0.1, 0.15) is 77.6 Å². The molecule has 10 aromatic rings. The number of aliphatic hydroxyl groups is 5. The minimum Gasteiger partial charge on any atom is -0.387 e. The van der Waals surface area contributed by atoms with E-state index in [-0.39, 0.29) is 103 Å². The fourth-order valence-corrected chi connectivity index (χ4v) is 20.7. The highest BCUT2D eigenvalue weighted by Gasteiger charge is 2.62. The summed E-state index contributed by atoms with van der Waals surface area (Å²) in [6.45, 7) is 0.547. The van der Waals surface area contributed by atoms with Gasteiger partial charge in [0.25, 0.3) is 11.1 Å². The Morgan fingerprint density at radius 3 is 0.730 bits per heavy atom. The Bertz CT molecular complexity index is 6940. The van der Waals surface area contributed by atoms with Gasteiger partial charge in [-0.05, 0) is 34.6 Å². The molecule has 86 heteroatoms. The first-order valence-electron chi connectivity index (χ1n) is 37.9. The average molecular weight is 2210 g/mol. The maximum absolute atomic E-state index is 15.3. The third-order valence-corrected chi connectivity index (χ3v) is 29.1. The lowest BCUT2D eigenvalue weighted by Crippen LogP contribution is -2.40. The quantitative estimate of drug-likeness (QED) is 0.0162. The Morgan fingerprint density at radius 2 is 0.511 bits per heavy atom. The molecule has 0 spiro atoms. The number of anilines is 8. The summed E-state index contributed by atoms with van der Waals surface area (Å²) in [5.74, 6) is -1.33. The van der Waals surface area contributed by atoms with Crippen LogP contribution in [0.5, 0.6) is 0 Å². The van der Waals surface area contributed by atoms with Crippen molar-refractivity contribution in [2.24, 2.45) is 0 Å². The second-order valence-electron chi connectivity index (χ2n) is 30.7. The van der Waals surface area contributed by atoms with Gasteiger partial charge in [0.05, 0.1) is 64.7 Å². The van der Waals surface area contributed by atoms with E-state index in [1.54, 1.807) is 0 Å². The smallest absolute Gasteiger partial charge is 0.387 e. The molecule has 0 amide bonds. The van der Waals surface area contributed by atoms with E-state index in [4.69, 9.17) is 123 Å². The van der Waals surface area contributed by atoms with E-state index in [9.17, 15) is 90.9 Å². The highest BCUT2D eigenvalue weighted by atomic mass is 31.3. The lowest BCUT2D eigenvalue weighted by Gasteiger charge is -2.24. The summed E-state index contributed by atoms with van der Waals surface area (Å²) in [5.41, 5.74) is 30.8. The molecule has 786 valence electrons. The molecule has 10 aromatic heterocycles. The van der Waals surface area contributed by atoms with Crippen molar-refractivity contribution in [2.45, 2.75) is 155 Å². The maximum Gasteiger partial charge on any atom is 0.490 e. The van der Waals surface area contributed by atoms with Crippen molar-refractivity contribution >= 4 is 173 Å². The Hall–Kier alpha value is -8.85. The summed E-state index contributed by atoms with van der Waals surface area (Å²) in [7, 11) is -47.6. The fourth-order valence-electron chi connectivity index (χ4n) is 13.8. The fraction of sp³-hybridized carbons (Fsp3) is 0.545. The van der Waals surface area contributed by atoms with E-state index in [0.717, 1.165) is 78.2 Å². The predicted molar refractivity (Wildman–Crippen MR) is 448 cm³/mol. The minimum absolute atomic E-state index is 0.00954. The summed E-state index contributed by atoms with van der Waals surface area (Å²) < 4.78 is 244. The van der Waals surface area contributed by atoms with Gasteiger partial charge in [-0.2, -0.15) is 57.1 Å². The van der Waals surface area contributed by atoms with Gasteiger partial charge in [-0.25, -0.2) is 88.0 Å². The maximum atomic E-state index is 15.3. The Morgan fingerprint density at radius 1 is 0.312 bits per heavy atom. The number of phosphoric ester groups is 5. The number of aromatic nitrogens is 20. The summed E-state index contributed by atoms with van der Waals surface area (Å²) >= 11 is 0. The van der Waals surface area contributed by atoms with Crippen molar-refractivity contribution in [1.29, 1.82) is 0 Å². The van der Waals surface area contributed by atoms with Crippen molar-refractivity contribution in [1.82, 2.24) is 97.6 Å². The van der Waals surface area contributed by atoms with Crippen LogP contribution in [0.1, 0.15) is 65.8 Å². The number of halogens is 5. The molecule has 9 unspecified atom stereocenters. The number of hydrogen-bond donors (Lipinski definition) is 29. The standard InChI is InChI=1S/C11H18FN6O12P3.C11H17FN6O9P2.C11H16FN6O6P.C11H16FN5O10P2.C11H15FN5O7P/c1-11(12)6(19)4(2-27-32(23,24)30-33(25,26)29-31(20,21)22)28-9(11)18-3-15-5-7(13)16-10(14)17-8(5)18;1-11(12)6(19)4(2-25-29(23,24)27-28(20,21)22)26-9(11)18-3-15-5-7(13)16-10(14)17-8(5)18;1-11(12)6(19)4(2-23-25(20,21)22)24-9(11)18-3-15-5-7(13)16-10(14)17-8(5)18;1-11(12)6(18)4(2-25-29(23,24)27-28(20,21)22)26-9(11)17-3-14-5-7(17)15-10(13)16-8(5)19;1-11(12)6(18)4(2-23-25(20,21)22)24-9(11)17-3-14-5-7(17)15-10(13)16-8(5)19/h3-4,6,9,19H,2H2,1H3,(H,23,24)(H,25,26)(H2,20,21,22)(H4,13,14,16,17);3-4,6,9,19H,2H2,1H3,(H,23,24)(H2,20,21,22)(H4,13,14,16,17);3-4,6,9,19H,2H2,1H3,(H2,20,21,22)(H4,13,14,16,17);3-4,6,9,18H,2H2,1H3,(H,23,24)(H2,20,21,22)(H3,13,15,16,19);3-4,6,9,18H,2H2,1H3,(H2,20,21,22)(H3,13,15,16,19)/t5*4-,6+,9-,11?/m11111/s1. The SMILES string of the molecule is CC1(F)[C@@H](O)[C@@H](COP(=O)(O)O)O[C@H]1n1cnc2c(=O)[nH]c(N)nc21.CC1(F)[C@@H](O)[C@@H](COP(=O)(O)O)O[C@H]1n1cnc2c(N)nc(N)nc21.CC1(F)[C@@H](O)[C@@H](COP(=O)(O)OP(=O)(O)O)O[C@H]1n1cnc2c(=O)[nH]c(N)nc21.CC1(F)[C@@H](O)[C@@H](COP(=O)(O)OP(=O)(O)O)O[C@H]1n1cnc2c(N)nc(N)nc21.CC1(F)[C@@H](O)[C@@H](COP(=O)(O)OP(=O)(O)OP(=O)(O)O)O[C@H]1n1cnc2c(N)nc(N)nc21. The highest BCUT2D eigenvalue weighted by Crippen LogP contribution is 2.67. The van der Waals surface area contributed by atoms with Crippen LogP contribution in [0.25, 0.3) is 55.8 Å². The monoisotopic (exact) mass is 2210 g/mol. The molecule has 0 saturated carbocycles. The normalized spacial score (nSPS) is 30.0. The summed E-state index contributed by atoms with van der Waals surface area (Å²) in [6.07, 6.45) is -18.8. The van der Waals surface area contributed by atoms with Gasteiger partial charge < -0.3 is 164 Å². The molecule has 15 heterocycles.